The van der Waals surface area contributed by atoms with Gasteiger partial charge >= 0.3 is 0 Å². The number of fused-ring (bicyclic) bond motifs is 1. The quantitative estimate of drug-likeness (QED) is 0.889. The summed E-state index contributed by atoms with van der Waals surface area (Å²) in [6.07, 6.45) is 1.99. The number of anilines is 1. The molecule has 1 aromatic carbocycles. The van der Waals surface area contributed by atoms with Crippen molar-refractivity contribution in [1.82, 2.24) is 14.1 Å². The highest BCUT2D eigenvalue weighted by atomic mass is 35.5. The van der Waals surface area contributed by atoms with Crippen LogP contribution < -0.4 is 10.6 Å². The van der Waals surface area contributed by atoms with E-state index in [1.54, 1.807) is 6.07 Å². The van der Waals surface area contributed by atoms with Gasteiger partial charge in [0.1, 0.15) is 5.82 Å². The number of nitrogens with one attached hydrogen (secondary N) is 2. The second-order valence-corrected chi connectivity index (χ2v) is 4.80. The Bertz CT molecular complexity index is 620. The summed E-state index contributed by atoms with van der Waals surface area (Å²) in [7, 11) is 0. The summed E-state index contributed by atoms with van der Waals surface area (Å²) in [6, 6.07) is 3.42. The van der Waals surface area contributed by atoms with Gasteiger partial charge in [0.25, 0.3) is 5.91 Å². The largest absolute Gasteiger partial charge is 0.318 e. The van der Waals surface area contributed by atoms with E-state index in [9.17, 15) is 9.18 Å². The summed E-state index contributed by atoms with van der Waals surface area (Å²) in [4.78, 5) is 11.8. The van der Waals surface area contributed by atoms with E-state index in [1.165, 1.54) is 6.20 Å². The van der Waals surface area contributed by atoms with Gasteiger partial charge in [-0.1, -0.05) is 6.07 Å². The molecule has 1 aliphatic heterocycles. The van der Waals surface area contributed by atoms with Crippen LogP contribution in [0.15, 0.2) is 18.3 Å². The number of carbonyl (C=O) groups excluding carboxylic acids is 1. The van der Waals surface area contributed by atoms with Gasteiger partial charge in [0, 0.05) is 6.54 Å². The standard InChI is InChI=1S/C12H11FN4OS.ClH/c13-11-8-3-4-14-5-7(8)1-2-9(11)16-12(18)10-6-15-19-17-10;/h1-2,6,14H,3-5H2,(H,16,18);1H. The van der Waals surface area contributed by atoms with Crippen LogP contribution in [-0.4, -0.2) is 21.2 Å². The Kier molecular flexibility index (Phi) is 4.64. The Hall–Kier alpha value is -1.57. The molecule has 1 amide bonds. The topological polar surface area (TPSA) is 66.9 Å². The fourth-order valence-electron chi connectivity index (χ4n) is 2.08. The predicted molar refractivity (Wildman–Crippen MR) is 76.9 cm³/mol. The van der Waals surface area contributed by atoms with Crippen molar-refractivity contribution in [3.05, 3.63) is 41.0 Å². The van der Waals surface area contributed by atoms with E-state index in [4.69, 9.17) is 0 Å². The highest BCUT2D eigenvalue weighted by molar-refractivity contribution is 6.99. The summed E-state index contributed by atoms with van der Waals surface area (Å²) < 4.78 is 21.8. The number of halogens is 2. The molecule has 8 heteroatoms. The van der Waals surface area contributed by atoms with Gasteiger partial charge in [-0.05, 0) is 30.2 Å². The number of hydrogen-bond donors (Lipinski definition) is 2. The van der Waals surface area contributed by atoms with E-state index in [1.807, 2.05) is 6.07 Å². The molecule has 20 heavy (non-hydrogen) atoms. The maximum Gasteiger partial charge on any atom is 0.277 e. The monoisotopic (exact) mass is 314 g/mol. The van der Waals surface area contributed by atoms with Gasteiger partial charge in [-0.3, -0.25) is 4.79 Å². The lowest BCUT2D eigenvalue weighted by atomic mass is 9.99. The van der Waals surface area contributed by atoms with Gasteiger partial charge in [0.05, 0.1) is 23.6 Å². The van der Waals surface area contributed by atoms with E-state index in [-0.39, 0.29) is 29.6 Å². The molecule has 1 aliphatic rings. The third-order valence-electron chi connectivity index (χ3n) is 3.05. The molecule has 2 aromatic rings. The smallest absolute Gasteiger partial charge is 0.277 e. The van der Waals surface area contributed by atoms with Crippen molar-refractivity contribution in [2.24, 2.45) is 0 Å². The molecule has 0 saturated carbocycles. The zero-order valence-electron chi connectivity index (χ0n) is 10.4. The van der Waals surface area contributed by atoms with Crippen LogP contribution in [0, 0.1) is 5.82 Å². The maximum atomic E-state index is 14.3. The number of amides is 1. The molecule has 2 heterocycles. The summed E-state index contributed by atoms with van der Waals surface area (Å²) in [5.74, 6) is -0.794. The Morgan fingerprint density at radius 3 is 3.05 bits per heavy atom. The SMILES string of the molecule is Cl.O=C(Nc1ccc2c(c1F)CCNC2)c1cnsn1. The lowest BCUT2D eigenvalue weighted by Gasteiger charge is -2.19. The summed E-state index contributed by atoms with van der Waals surface area (Å²) in [5.41, 5.74) is 2.01. The van der Waals surface area contributed by atoms with E-state index in [0.717, 1.165) is 23.8 Å². The second kappa shape index (κ2) is 6.25. The first-order valence-corrected chi connectivity index (χ1v) is 6.58. The van der Waals surface area contributed by atoms with Crippen LogP contribution >= 0.6 is 24.1 Å². The van der Waals surface area contributed by atoms with Gasteiger partial charge in [-0.25, -0.2) is 4.39 Å². The number of benzene rings is 1. The minimum absolute atomic E-state index is 0. The van der Waals surface area contributed by atoms with Crippen LogP contribution in [-0.2, 0) is 13.0 Å². The van der Waals surface area contributed by atoms with Crippen LogP contribution in [0.25, 0.3) is 0 Å². The first kappa shape index (κ1) is 14.8. The van der Waals surface area contributed by atoms with E-state index in [0.29, 0.717) is 18.5 Å². The van der Waals surface area contributed by atoms with Crippen LogP contribution in [0.4, 0.5) is 10.1 Å². The Morgan fingerprint density at radius 1 is 1.45 bits per heavy atom. The van der Waals surface area contributed by atoms with Crippen LogP contribution in [0.2, 0.25) is 0 Å². The highest BCUT2D eigenvalue weighted by Gasteiger charge is 2.18. The average Bonchev–Trinajstić information content (AvgIpc) is 2.96. The highest BCUT2D eigenvalue weighted by Crippen LogP contribution is 2.24. The third kappa shape index (κ3) is 2.79. The Labute approximate surface area is 125 Å². The molecule has 0 atom stereocenters. The van der Waals surface area contributed by atoms with Gasteiger partial charge in [0.15, 0.2) is 5.69 Å². The first-order valence-electron chi connectivity index (χ1n) is 5.85. The zero-order chi connectivity index (χ0) is 13.2. The van der Waals surface area contributed by atoms with E-state index < -0.39 is 5.91 Å². The zero-order valence-corrected chi connectivity index (χ0v) is 12.0. The Balaban J connectivity index is 0.00000147. The number of carbonyl (C=O) groups is 1. The summed E-state index contributed by atoms with van der Waals surface area (Å²) >= 11 is 0.943. The number of hydrogen-bond acceptors (Lipinski definition) is 5. The van der Waals surface area contributed by atoms with E-state index in [2.05, 4.69) is 19.4 Å². The van der Waals surface area contributed by atoms with Crippen molar-refractivity contribution in [3.63, 3.8) is 0 Å². The normalized spacial score (nSPS) is 13.2. The van der Waals surface area contributed by atoms with Crippen LogP contribution in [0.1, 0.15) is 21.6 Å². The molecule has 2 N–H and O–H groups in total. The lowest BCUT2D eigenvalue weighted by Crippen LogP contribution is -2.25. The number of rotatable bonds is 2. The minimum Gasteiger partial charge on any atom is -0.318 e. The summed E-state index contributed by atoms with van der Waals surface area (Å²) in [5, 5.41) is 5.71. The molecule has 5 nitrogen and oxygen atoms in total. The first-order chi connectivity index (χ1) is 9.25. The number of aromatic nitrogens is 2. The summed E-state index contributed by atoms with van der Waals surface area (Å²) in [6.45, 7) is 1.41. The molecule has 0 radical (unpaired) electrons. The minimum atomic E-state index is -0.443. The maximum absolute atomic E-state index is 14.3. The molecular formula is C12H12ClFN4OS. The molecule has 0 fully saturated rings. The van der Waals surface area contributed by atoms with Gasteiger partial charge < -0.3 is 10.6 Å². The molecule has 0 unspecified atom stereocenters. The molecular weight excluding hydrogens is 303 g/mol. The van der Waals surface area contributed by atoms with Crippen molar-refractivity contribution in [2.45, 2.75) is 13.0 Å². The molecule has 0 spiro atoms. The van der Waals surface area contributed by atoms with Gasteiger partial charge in [-0.2, -0.15) is 8.75 Å². The van der Waals surface area contributed by atoms with Crippen LogP contribution in [0.3, 0.4) is 0 Å². The lowest BCUT2D eigenvalue weighted by molar-refractivity contribution is 0.102. The van der Waals surface area contributed by atoms with Crippen molar-refractivity contribution < 1.29 is 9.18 Å². The predicted octanol–water partition coefficient (Wildman–Crippen LogP) is 2.00. The molecule has 0 aliphatic carbocycles. The van der Waals surface area contributed by atoms with Crippen molar-refractivity contribution >= 4 is 35.7 Å². The van der Waals surface area contributed by atoms with Crippen LogP contribution in [0.5, 0.6) is 0 Å². The third-order valence-corrected chi connectivity index (χ3v) is 3.53. The molecule has 0 bridgehead atoms. The molecule has 3 rings (SSSR count). The molecule has 0 saturated heterocycles. The number of nitrogens with zero attached hydrogens (tertiary/aromatic N) is 2. The fraction of sp³-hybridized carbons (Fsp3) is 0.250. The van der Waals surface area contributed by atoms with Gasteiger partial charge in [0.2, 0.25) is 0 Å². The van der Waals surface area contributed by atoms with Gasteiger partial charge in [-0.15, -0.1) is 12.4 Å². The second-order valence-electron chi connectivity index (χ2n) is 4.24. The molecule has 106 valence electrons. The van der Waals surface area contributed by atoms with Crippen molar-refractivity contribution in [2.75, 3.05) is 11.9 Å². The fourth-order valence-corrected chi connectivity index (χ4v) is 2.49. The average molecular weight is 315 g/mol. The van der Waals surface area contributed by atoms with Crippen molar-refractivity contribution in [1.29, 1.82) is 0 Å². The molecule has 1 aromatic heterocycles. The Morgan fingerprint density at radius 2 is 2.30 bits per heavy atom. The van der Waals surface area contributed by atoms with E-state index >= 15 is 0 Å². The van der Waals surface area contributed by atoms with Crippen molar-refractivity contribution in [3.8, 4) is 0 Å².